The van der Waals surface area contributed by atoms with Gasteiger partial charge in [0.25, 0.3) is 0 Å². The Morgan fingerprint density at radius 2 is 2.20 bits per heavy atom. The molecule has 3 N–H and O–H groups in total. The van der Waals surface area contributed by atoms with Crippen LogP contribution in [0.1, 0.15) is 18.9 Å². The second kappa shape index (κ2) is 6.83. The van der Waals surface area contributed by atoms with Gasteiger partial charge in [-0.05, 0) is 31.0 Å². The maximum Gasteiger partial charge on any atom is 0.241 e. The minimum atomic E-state index is -0.149. The van der Waals surface area contributed by atoms with Crippen LogP contribution in [0, 0.1) is 0 Å². The lowest BCUT2D eigenvalue weighted by atomic mass is 10.2. The number of benzene rings is 1. The van der Waals surface area contributed by atoms with Crippen LogP contribution in [0.15, 0.2) is 24.3 Å². The van der Waals surface area contributed by atoms with Crippen molar-refractivity contribution < 1.29 is 9.53 Å². The molecule has 5 heteroatoms. The molecule has 2 unspecified atom stereocenters. The predicted octanol–water partition coefficient (Wildman–Crippen LogP) is 1.19. The van der Waals surface area contributed by atoms with Gasteiger partial charge >= 0.3 is 0 Å². The zero-order chi connectivity index (χ0) is 14.5. The smallest absolute Gasteiger partial charge is 0.241 e. The lowest BCUT2D eigenvalue weighted by Gasteiger charge is -2.23. The quantitative estimate of drug-likeness (QED) is 0.848. The fraction of sp³-hybridized carbons (Fsp3) is 0.533. The number of ether oxygens (including phenoxy) is 1. The average Bonchev–Trinajstić information content (AvgIpc) is 2.96. The number of likely N-dealkylation sites (tertiary alicyclic amines) is 1. The van der Waals surface area contributed by atoms with Crippen LogP contribution in [0.25, 0.3) is 0 Å². The monoisotopic (exact) mass is 277 g/mol. The van der Waals surface area contributed by atoms with Crippen molar-refractivity contribution in [3.05, 3.63) is 29.8 Å². The van der Waals surface area contributed by atoms with Gasteiger partial charge in [-0.15, -0.1) is 0 Å². The minimum absolute atomic E-state index is 0.0160. The minimum Gasteiger partial charge on any atom is -0.380 e. The molecule has 5 nitrogen and oxygen atoms in total. The molecule has 0 saturated carbocycles. The van der Waals surface area contributed by atoms with Gasteiger partial charge in [-0.2, -0.15) is 0 Å². The highest BCUT2D eigenvalue weighted by Gasteiger charge is 2.29. The van der Waals surface area contributed by atoms with E-state index in [2.05, 4.69) is 10.2 Å². The first-order valence-corrected chi connectivity index (χ1v) is 7.00. The molecular formula is C15H23N3O2. The maximum absolute atomic E-state index is 12.2. The van der Waals surface area contributed by atoms with Crippen LogP contribution in [-0.4, -0.2) is 43.2 Å². The van der Waals surface area contributed by atoms with Crippen molar-refractivity contribution >= 4 is 11.6 Å². The molecule has 1 fully saturated rings. The second-order valence-electron chi connectivity index (χ2n) is 5.21. The summed E-state index contributed by atoms with van der Waals surface area (Å²) in [5.74, 6) is 0.0160. The third-order valence-electron chi connectivity index (χ3n) is 3.89. The number of anilines is 1. The summed E-state index contributed by atoms with van der Waals surface area (Å²) in [6.07, 6.45) is 1.23. The van der Waals surface area contributed by atoms with Crippen LogP contribution in [-0.2, 0) is 16.1 Å². The zero-order valence-electron chi connectivity index (χ0n) is 12.1. The van der Waals surface area contributed by atoms with E-state index >= 15 is 0 Å². The standard InChI is InChI=1S/C15H23N3O2/c1-11(18-8-7-14(10-18)20-2)15(19)17-13-5-3-12(9-16)4-6-13/h3-6,11,14H,7-10,16H2,1-2H3,(H,17,19). The molecule has 1 heterocycles. The van der Waals surface area contributed by atoms with Crippen LogP contribution in [0.3, 0.4) is 0 Å². The Kier molecular flexibility index (Phi) is 5.11. The molecule has 0 bridgehead atoms. The summed E-state index contributed by atoms with van der Waals surface area (Å²) in [6.45, 7) is 4.16. The number of rotatable bonds is 5. The summed E-state index contributed by atoms with van der Waals surface area (Å²) in [5, 5.41) is 2.94. The van der Waals surface area contributed by atoms with E-state index in [1.165, 1.54) is 0 Å². The van der Waals surface area contributed by atoms with Gasteiger partial charge in [0, 0.05) is 32.4 Å². The molecule has 0 aliphatic carbocycles. The number of nitrogens with two attached hydrogens (primary N) is 1. The topological polar surface area (TPSA) is 67.6 Å². The first-order valence-electron chi connectivity index (χ1n) is 7.00. The van der Waals surface area contributed by atoms with E-state index in [1.54, 1.807) is 7.11 Å². The van der Waals surface area contributed by atoms with Gasteiger partial charge in [0.05, 0.1) is 12.1 Å². The lowest BCUT2D eigenvalue weighted by Crippen LogP contribution is -2.41. The third-order valence-corrected chi connectivity index (χ3v) is 3.89. The fourth-order valence-corrected chi connectivity index (χ4v) is 2.43. The normalized spacial score (nSPS) is 20.9. The van der Waals surface area contributed by atoms with Gasteiger partial charge in [-0.25, -0.2) is 0 Å². The number of nitrogens with zero attached hydrogens (tertiary/aromatic N) is 1. The Morgan fingerprint density at radius 1 is 1.50 bits per heavy atom. The Balaban J connectivity index is 1.90. The van der Waals surface area contributed by atoms with Gasteiger partial charge in [0.1, 0.15) is 0 Å². The molecule has 2 atom stereocenters. The van der Waals surface area contributed by atoms with Crippen molar-refractivity contribution in [2.24, 2.45) is 5.73 Å². The average molecular weight is 277 g/mol. The third kappa shape index (κ3) is 3.56. The Labute approximate surface area is 120 Å². The first-order chi connectivity index (χ1) is 9.63. The number of methoxy groups -OCH3 is 1. The SMILES string of the molecule is COC1CCN(C(C)C(=O)Nc2ccc(CN)cc2)C1. The summed E-state index contributed by atoms with van der Waals surface area (Å²) in [7, 11) is 1.72. The van der Waals surface area contributed by atoms with Crippen molar-refractivity contribution in [2.45, 2.75) is 32.0 Å². The number of nitrogens with one attached hydrogen (secondary N) is 1. The number of carbonyl (C=O) groups is 1. The van der Waals surface area contributed by atoms with Crippen LogP contribution in [0.2, 0.25) is 0 Å². The highest BCUT2D eigenvalue weighted by atomic mass is 16.5. The van der Waals surface area contributed by atoms with Gasteiger partial charge in [-0.1, -0.05) is 12.1 Å². The summed E-state index contributed by atoms with van der Waals surface area (Å²) < 4.78 is 5.33. The van der Waals surface area contributed by atoms with Gasteiger partial charge in [0.2, 0.25) is 5.91 Å². The Morgan fingerprint density at radius 3 is 2.75 bits per heavy atom. The molecule has 0 spiro atoms. The van der Waals surface area contributed by atoms with Crippen LogP contribution < -0.4 is 11.1 Å². The molecule has 1 aliphatic rings. The molecule has 20 heavy (non-hydrogen) atoms. The molecule has 110 valence electrons. The van der Waals surface area contributed by atoms with Crippen LogP contribution in [0.4, 0.5) is 5.69 Å². The molecule has 1 amide bonds. The van der Waals surface area contributed by atoms with Crippen LogP contribution in [0.5, 0.6) is 0 Å². The predicted molar refractivity (Wildman–Crippen MR) is 79.4 cm³/mol. The molecule has 0 aromatic heterocycles. The zero-order valence-corrected chi connectivity index (χ0v) is 12.1. The van der Waals surface area contributed by atoms with Crippen LogP contribution >= 0.6 is 0 Å². The van der Waals surface area contributed by atoms with E-state index in [0.29, 0.717) is 6.54 Å². The summed E-state index contributed by atoms with van der Waals surface area (Å²) in [4.78, 5) is 14.4. The summed E-state index contributed by atoms with van der Waals surface area (Å²) in [5.41, 5.74) is 7.41. The molecule has 1 aromatic carbocycles. The van der Waals surface area contributed by atoms with Gasteiger partial charge in [0.15, 0.2) is 0 Å². The molecule has 2 rings (SSSR count). The number of hydrogen-bond donors (Lipinski definition) is 2. The van der Waals surface area contributed by atoms with Crippen molar-refractivity contribution in [3.8, 4) is 0 Å². The number of carbonyl (C=O) groups excluding carboxylic acids is 1. The Bertz CT molecular complexity index is 447. The highest BCUT2D eigenvalue weighted by molar-refractivity contribution is 5.94. The van der Waals surface area contributed by atoms with Gasteiger partial charge in [-0.3, -0.25) is 9.69 Å². The van der Waals surface area contributed by atoms with Crippen molar-refractivity contribution in [1.82, 2.24) is 4.90 Å². The van der Waals surface area contributed by atoms with E-state index in [-0.39, 0.29) is 18.1 Å². The molecular weight excluding hydrogens is 254 g/mol. The van der Waals surface area contributed by atoms with E-state index in [9.17, 15) is 4.79 Å². The Hall–Kier alpha value is -1.43. The summed E-state index contributed by atoms with van der Waals surface area (Å²) in [6, 6.07) is 7.47. The highest BCUT2D eigenvalue weighted by Crippen LogP contribution is 2.16. The molecule has 1 aromatic rings. The lowest BCUT2D eigenvalue weighted by molar-refractivity contribution is -0.120. The van der Waals surface area contributed by atoms with E-state index in [0.717, 1.165) is 30.8 Å². The first kappa shape index (κ1) is 15.0. The van der Waals surface area contributed by atoms with E-state index in [4.69, 9.17) is 10.5 Å². The summed E-state index contributed by atoms with van der Waals surface area (Å²) >= 11 is 0. The van der Waals surface area contributed by atoms with Gasteiger partial charge < -0.3 is 15.8 Å². The molecule has 1 aliphatic heterocycles. The fourth-order valence-electron chi connectivity index (χ4n) is 2.43. The van der Waals surface area contributed by atoms with Crippen molar-refractivity contribution in [3.63, 3.8) is 0 Å². The van der Waals surface area contributed by atoms with E-state index in [1.807, 2.05) is 31.2 Å². The van der Waals surface area contributed by atoms with Crippen molar-refractivity contribution in [1.29, 1.82) is 0 Å². The molecule has 0 radical (unpaired) electrons. The largest absolute Gasteiger partial charge is 0.380 e. The van der Waals surface area contributed by atoms with E-state index < -0.39 is 0 Å². The number of hydrogen-bond acceptors (Lipinski definition) is 4. The number of amides is 1. The molecule has 1 saturated heterocycles. The van der Waals surface area contributed by atoms with Crippen molar-refractivity contribution in [2.75, 3.05) is 25.5 Å². The maximum atomic E-state index is 12.2. The second-order valence-corrected chi connectivity index (χ2v) is 5.21.